The molecule has 0 radical (unpaired) electrons. The minimum atomic E-state index is -0.831. The van der Waals surface area contributed by atoms with Crippen molar-refractivity contribution in [1.29, 1.82) is 0 Å². The minimum absolute atomic E-state index is 0.0507. The molecule has 0 fully saturated rings. The third-order valence-corrected chi connectivity index (χ3v) is 1.61. The molecule has 4 nitrogen and oxygen atoms in total. The lowest BCUT2D eigenvalue weighted by Crippen LogP contribution is -2.30. The van der Waals surface area contributed by atoms with Gasteiger partial charge in [0.05, 0.1) is 0 Å². The van der Waals surface area contributed by atoms with Crippen LogP contribution >= 0.6 is 0 Å². The molecule has 0 aliphatic heterocycles. The minimum Gasteiger partial charge on any atom is -0.481 e. The van der Waals surface area contributed by atoms with E-state index in [4.69, 9.17) is 5.11 Å². The van der Waals surface area contributed by atoms with E-state index in [-0.39, 0.29) is 12.3 Å². The summed E-state index contributed by atoms with van der Waals surface area (Å²) < 4.78 is 0. The Hall–Kier alpha value is -1.32. The normalized spacial score (nSPS) is 9.31. The summed E-state index contributed by atoms with van der Waals surface area (Å²) in [6.07, 6.45) is 2.21. The van der Waals surface area contributed by atoms with Gasteiger partial charge in [-0.25, -0.2) is 0 Å². The predicted molar refractivity (Wildman–Crippen MR) is 49.3 cm³/mol. The van der Waals surface area contributed by atoms with Gasteiger partial charge in [-0.1, -0.05) is 6.08 Å². The van der Waals surface area contributed by atoms with Crippen molar-refractivity contribution in [3.63, 3.8) is 0 Å². The van der Waals surface area contributed by atoms with E-state index in [1.54, 1.807) is 11.0 Å². The molecule has 0 aromatic rings. The third kappa shape index (κ3) is 5.90. The second-order valence-corrected chi connectivity index (χ2v) is 2.75. The first-order chi connectivity index (χ1) is 6.07. The van der Waals surface area contributed by atoms with E-state index in [1.807, 2.05) is 0 Å². The van der Waals surface area contributed by atoms with Crippen LogP contribution in [-0.4, -0.2) is 35.0 Å². The molecule has 0 saturated heterocycles. The summed E-state index contributed by atoms with van der Waals surface area (Å²) in [6.45, 7) is 5.94. The molecule has 0 aliphatic rings. The van der Waals surface area contributed by atoms with Gasteiger partial charge in [0.25, 0.3) is 0 Å². The molecular formula is C9H15NO3. The average molecular weight is 185 g/mol. The Bertz CT molecular complexity index is 201. The molecule has 0 unspecified atom stereocenters. The van der Waals surface area contributed by atoms with Crippen molar-refractivity contribution in [3.05, 3.63) is 12.7 Å². The van der Waals surface area contributed by atoms with Gasteiger partial charge in [-0.3, -0.25) is 9.59 Å². The molecule has 0 aromatic heterocycles. The molecule has 0 rings (SSSR count). The van der Waals surface area contributed by atoms with Gasteiger partial charge >= 0.3 is 5.97 Å². The van der Waals surface area contributed by atoms with Crippen LogP contribution in [0.3, 0.4) is 0 Å². The Kier molecular flexibility index (Phi) is 5.59. The van der Waals surface area contributed by atoms with Crippen LogP contribution in [0.1, 0.15) is 19.8 Å². The first kappa shape index (κ1) is 11.7. The highest BCUT2D eigenvalue weighted by Gasteiger charge is 2.06. The lowest BCUT2D eigenvalue weighted by atomic mass is 10.3. The standard InChI is InChI=1S/C9H15NO3/c1-3-6-10(8(2)11)7-4-5-9(12)13/h3H,1,4-7H2,2H3,(H,12,13). The molecule has 0 saturated carbocycles. The lowest BCUT2D eigenvalue weighted by molar-refractivity contribution is -0.137. The largest absolute Gasteiger partial charge is 0.481 e. The van der Waals surface area contributed by atoms with Gasteiger partial charge in [-0.2, -0.15) is 0 Å². The number of nitrogens with zero attached hydrogens (tertiary/aromatic N) is 1. The molecule has 1 N–H and O–H groups in total. The highest BCUT2D eigenvalue weighted by molar-refractivity contribution is 5.73. The van der Waals surface area contributed by atoms with Crippen molar-refractivity contribution in [3.8, 4) is 0 Å². The molecule has 4 heteroatoms. The quantitative estimate of drug-likeness (QED) is 0.625. The van der Waals surface area contributed by atoms with E-state index in [1.165, 1.54) is 6.92 Å². The fourth-order valence-electron chi connectivity index (χ4n) is 0.954. The topological polar surface area (TPSA) is 57.6 Å². The van der Waals surface area contributed by atoms with Crippen LogP contribution in [0.5, 0.6) is 0 Å². The summed E-state index contributed by atoms with van der Waals surface area (Å²) in [5, 5.41) is 8.37. The average Bonchev–Trinajstić information content (AvgIpc) is 2.02. The Labute approximate surface area is 77.8 Å². The van der Waals surface area contributed by atoms with Gasteiger partial charge in [0, 0.05) is 26.4 Å². The van der Waals surface area contributed by atoms with E-state index in [0.29, 0.717) is 19.5 Å². The van der Waals surface area contributed by atoms with Crippen LogP contribution < -0.4 is 0 Å². The lowest BCUT2D eigenvalue weighted by Gasteiger charge is -2.18. The number of hydrogen-bond donors (Lipinski definition) is 1. The Balaban J connectivity index is 3.75. The molecule has 0 heterocycles. The van der Waals surface area contributed by atoms with E-state index >= 15 is 0 Å². The molecule has 0 atom stereocenters. The fraction of sp³-hybridized carbons (Fsp3) is 0.556. The van der Waals surface area contributed by atoms with Crippen molar-refractivity contribution in [1.82, 2.24) is 4.90 Å². The molecule has 0 aliphatic carbocycles. The van der Waals surface area contributed by atoms with Crippen LogP contribution in [-0.2, 0) is 9.59 Å². The Morgan fingerprint density at radius 2 is 2.15 bits per heavy atom. The monoisotopic (exact) mass is 185 g/mol. The summed E-state index contributed by atoms with van der Waals surface area (Å²) in [5.74, 6) is -0.882. The number of carboxylic acid groups (broad SMARTS) is 1. The van der Waals surface area contributed by atoms with Crippen molar-refractivity contribution in [2.24, 2.45) is 0 Å². The number of carbonyl (C=O) groups excluding carboxylic acids is 1. The smallest absolute Gasteiger partial charge is 0.303 e. The van der Waals surface area contributed by atoms with Gasteiger partial charge in [0.1, 0.15) is 0 Å². The number of rotatable bonds is 6. The van der Waals surface area contributed by atoms with Crippen molar-refractivity contribution >= 4 is 11.9 Å². The van der Waals surface area contributed by atoms with Crippen LogP contribution in [0, 0.1) is 0 Å². The second-order valence-electron chi connectivity index (χ2n) is 2.75. The number of aliphatic carboxylic acids is 1. The van der Waals surface area contributed by atoms with Crippen LogP contribution in [0.25, 0.3) is 0 Å². The highest BCUT2D eigenvalue weighted by atomic mass is 16.4. The first-order valence-electron chi connectivity index (χ1n) is 4.16. The second kappa shape index (κ2) is 6.22. The van der Waals surface area contributed by atoms with Crippen LogP contribution in [0.15, 0.2) is 12.7 Å². The first-order valence-corrected chi connectivity index (χ1v) is 4.16. The Morgan fingerprint density at radius 3 is 2.54 bits per heavy atom. The summed E-state index contributed by atoms with van der Waals surface area (Å²) in [5.41, 5.74) is 0. The van der Waals surface area contributed by atoms with E-state index in [9.17, 15) is 9.59 Å². The zero-order chi connectivity index (χ0) is 10.3. The molecule has 13 heavy (non-hydrogen) atoms. The molecule has 1 amide bonds. The maximum atomic E-state index is 10.9. The van der Waals surface area contributed by atoms with E-state index in [2.05, 4.69) is 6.58 Å². The maximum absolute atomic E-state index is 10.9. The molecular weight excluding hydrogens is 170 g/mol. The third-order valence-electron chi connectivity index (χ3n) is 1.61. The number of hydrogen-bond acceptors (Lipinski definition) is 2. The summed E-state index contributed by atoms with van der Waals surface area (Å²) >= 11 is 0. The Morgan fingerprint density at radius 1 is 1.54 bits per heavy atom. The zero-order valence-corrected chi connectivity index (χ0v) is 7.82. The SMILES string of the molecule is C=CCN(CCCC(=O)O)C(C)=O. The van der Waals surface area contributed by atoms with Gasteiger partial charge < -0.3 is 10.0 Å². The number of carboxylic acids is 1. The van der Waals surface area contributed by atoms with Gasteiger partial charge in [-0.15, -0.1) is 6.58 Å². The molecule has 0 bridgehead atoms. The van der Waals surface area contributed by atoms with Gasteiger partial charge in [0.15, 0.2) is 0 Å². The van der Waals surface area contributed by atoms with E-state index in [0.717, 1.165) is 0 Å². The summed E-state index contributed by atoms with van der Waals surface area (Å²) in [7, 11) is 0. The van der Waals surface area contributed by atoms with E-state index < -0.39 is 5.97 Å². The number of carbonyl (C=O) groups is 2. The van der Waals surface area contributed by atoms with Crippen molar-refractivity contribution in [2.45, 2.75) is 19.8 Å². The van der Waals surface area contributed by atoms with Crippen molar-refractivity contribution < 1.29 is 14.7 Å². The van der Waals surface area contributed by atoms with Crippen LogP contribution in [0.2, 0.25) is 0 Å². The van der Waals surface area contributed by atoms with Gasteiger partial charge in [0.2, 0.25) is 5.91 Å². The van der Waals surface area contributed by atoms with Crippen molar-refractivity contribution in [2.75, 3.05) is 13.1 Å². The molecule has 74 valence electrons. The highest BCUT2D eigenvalue weighted by Crippen LogP contribution is 1.96. The maximum Gasteiger partial charge on any atom is 0.303 e. The fourth-order valence-corrected chi connectivity index (χ4v) is 0.954. The molecule has 0 spiro atoms. The zero-order valence-electron chi connectivity index (χ0n) is 7.82. The summed E-state index contributed by atoms with van der Waals surface area (Å²) in [6, 6.07) is 0. The van der Waals surface area contributed by atoms with Crippen LogP contribution in [0.4, 0.5) is 0 Å². The predicted octanol–water partition coefficient (Wildman–Crippen LogP) is 0.886. The van der Waals surface area contributed by atoms with Gasteiger partial charge in [-0.05, 0) is 6.42 Å². The number of amides is 1. The summed E-state index contributed by atoms with van der Waals surface area (Å²) in [4.78, 5) is 22.7. The molecule has 0 aromatic carbocycles.